The molecular formula is C10H15NOS. The van der Waals surface area contributed by atoms with Gasteiger partial charge in [0.05, 0.1) is 6.61 Å². The molecule has 0 spiro atoms. The first-order chi connectivity index (χ1) is 6.36. The third-order valence-corrected chi connectivity index (χ3v) is 2.61. The quantitative estimate of drug-likeness (QED) is 0.701. The van der Waals surface area contributed by atoms with Crippen LogP contribution in [0.5, 0.6) is 0 Å². The third-order valence-electron chi connectivity index (χ3n) is 1.64. The van der Waals surface area contributed by atoms with Gasteiger partial charge in [-0.05, 0) is 24.7 Å². The van der Waals surface area contributed by atoms with Gasteiger partial charge in [-0.1, -0.05) is 12.1 Å². The van der Waals surface area contributed by atoms with E-state index in [4.69, 9.17) is 5.11 Å². The number of aliphatic hydroxyl groups excluding tert-OH is 1. The maximum atomic E-state index is 8.67. The van der Waals surface area contributed by atoms with Gasteiger partial charge in [0.25, 0.3) is 0 Å². The fourth-order valence-corrected chi connectivity index (χ4v) is 1.85. The average molecular weight is 197 g/mol. The van der Waals surface area contributed by atoms with Gasteiger partial charge in [-0.2, -0.15) is 0 Å². The van der Waals surface area contributed by atoms with E-state index in [1.54, 1.807) is 11.8 Å². The molecule has 0 radical (unpaired) electrons. The van der Waals surface area contributed by atoms with Crippen molar-refractivity contribution in [1.29, 1.82) is 0 Å². The number of hydrogen-bond donors (Lipinski definition) is 2. The van der Waals surface area contributed by atoms with Gasteiger partial charge in [-0.3, -0.25) is 0 Å². The zero-order valence-electron chi connectivity index (χ0n) is 7.79. The molecule has 0 atom stereocenters. The van der Waals surface area contributed by atoms with Crippen LogP contribution >= 0.6 is 11.8 Å². The lowest BCUT2D eigenvalue weighted by atomic mass is 10.2. The van der Waals surface area contributed by atoms with Crippen LogP contribution in [0.25, 0.3) is 0 Å². The molecule has 2 N–H and O–H groups in total. The molecule has 0 unspecified atom stereocenters. The largest absolute Gasteiger partial charge is 0.396 e. The fraction of sp³-hybridized carbons (Fsp3) is 0.400. The normalized spacial score (nSPS) is 10.3. The van der Waals surface area contributed by atoms with Crippen LogP contribution in [-0.4, -0.2) is 24.5 Å². The maximum absolute atomic E-state index is 8.67. The van der Waals surface area contributed by atoms with Gasteiger partial charge in [0.15, 0.2) is 0 Å². The number of hydrogen-bond acceptors (Lipinski definition) is 3. The zero-order valence-corrected chi connectivity index (χ0v) is 8.60. The van der Waals surface area contributed by atoms with Crippen LogP contribution in [0.15, 0.2) is 29.2 Å². The lowest BCUT2D eigenvalue weighted by Gasteiger charge is -2.03. The Bertz CT molecular complexity index is 252. The molecule has 1 rings (SSSR count). The van der Waals surface area contributed by atoms with Crippen molar-refractivity contribution in [3.63, 3.8) is 0 Å². The van der Waals surface area contributed by atoms with Crippen LogP contribution in [0.3, 0.4) is 0 Å². The van der Waals surface area contributed by atoms with Crippen molar-refractivity contribution < 1.29 is 5.11 Å². The zero-order chi connectivity index (χ0) is 9.52. The summed E-state index contributed by atoms with van der Waals surface area (Å²) in [5.41, 5.74) is 1.28. The average Bonchev–Trinajstić information content (AvgIpc) is 2.16. The van der Waals surface area contributed by atoms with Crippen LogP contribution in [0.2, 0.25) is 0 Å². The second-order valence-corrected chi connectivity index (χ2v) is 3.92. The predicted molar refractivity (Wildman–Crippen MR) is 57.0 cm³/mol. The van der Waals surface area contributed by atoms with E-state index in [1.165, 1.54) is 10.5 Å². The van der Waals surface area contributed by atoms with Gasteiger partial charge in [-0.15, -0.1) is 11.8 Å². The Morgan fingerprint density at radius 2 is 2.31 bits per heavy atom. The first kappa shape index (κ1) is 10.6. The number of thioether (sulfide) groups is 1. The van der Waals surface area contributed by atoms with Gasteiger partial charge in [0.1, 0.15) is 0 Å². The standard InChI is InChI=1S/C10H15NOS/c1-11-8-9-3-2-4-10(7-9)13-6-5-12/h2-4,7,11-12H,5-6,8H2,1H3. The van der Waals surface area contributed by atoms with E-state index in [1.807, 2.05) is 13.1 Å². The highest BCUT2D eigenvalue weighted by molar-refractivity contribution is 7.99. The first-order valence-electron chi connectivity index (χ1n) is 4.34. The van der Waals surface area contributed by atoms with E-state index >= 15 is 0 Å². The van der Waals surface area contributed by atoms with Crippen molar-refractivity contribution >= 4 is 11.8 Å². The minimum Gasteiger partial charge on any atom is -0.396 e. The van der Waals surface area contributed by atoms with E-state index in [0.29, 0.717) is 0 Å². The molecular weight excluding hydrogens is 182 g/mol. The second kappa shape index (κ2) is 6.02. The summed E-state index contributed by atoms with van der Waals surface area (Å²) >= 11 is 1.68. The van der Waals surface area contributed by atoms with E-state index in [2.05, 4.69) is 23.5 Å². The van der Waals surface area contributed by atoms with Crippen LogP contribution in [0.1, 0.15) is 5.56 Å². The second-order valence-electron chi connectivity index (χ2n) is 2.75. The van der Waals surface area contributed by atoms with Gasteiger partial charge in [-0.25, -0.2) is 0 Å². The molecule has 0 aromatic heterocycles. The summed E-state index contributed by atoms with van der Waals surface area (Å²) in [4.78, 5) is 1.22. The summed E-state index contributed by atoms with van der Waals surface area (Å²) in [7, 11) is 1.94. The molecule has 0 fully saturated rings. The summed E-state index contributed by atoms with van der Waals surface area (Å²) < 4.78 is 0. The number of rotatable bonds is 5. The number of aliphatic hydroxyl groups is 1. The molecule has 0 aliphatic heterocycles. The number of benzene rings is 1. The van der Waals surface area contributed by atoms with Gasteiger partial charge >= 0.3 is 0 Å². The van der Waals surface area contributed by atoms with Crippen molar-refractivity contribution in [2.24, 2.45) is 0 Å². The third kappa shape index (κ3) is 3.81. The number of nitrogens with one attached hydrogen (secondary N) is 1. The minimum absolute atomic E-state index is 0.237. The van der Waals surface area contributed by atoms with Crippen LogP contribution in [-0.2, 0) is 6.54 Å². The summed E-state index contributed by atoms with van der Waals surface area (Å²) in [6.07, 6.45) is 0. The minimum atomic E-state index is 0.237. The molecule has 13 heavy (non-hydrogen) atoms. The Morgan fingerprint density at radius 1 is 1.46 bits per heavy atom. The molecule has 0 aliphatic rings. The molecule has 0 saturated carbocycles. The predicted octanol–water partition coefficient (Wildman–Crippen LogP) is 1.49. The molecule has 72 valence electrons. The summed E-state index contributed by atoms with van der Waals surface area (Å²) in [6, 6.07) is 8.36. The van der Waals surface area contributed by atoms with E-state index in [0.717, 1.165) is 12.3 Å². The fourth-order valence-electron chi connectivity index (χ4n) is 1.11. The molecule has 1 aromatic rings. The maximum Gasteiger partial charge on any atom is 0.0525 e. The van der Waals surface area contributed by atoms with Crippen LogP contribution < -0.4 is 5.32 Å². The first-order valence-corrected chi connectivity index (χ1v) is 5.32. The Morgan fingerprint density at radius 3 is 3.00 bits per heavy atom. The Balaban J connectivity index is 2.56. The van der Waals surface area contributed by atoms with Crippen molar-refractivity contribution in [3.05, 3.63) is 29.8 Å². The van der Waals surface area contributed by atoms with Crippen molar-refractivity contribution in [1.82, 2.24) is 5.32 Å². The summed E-state index contributed by atoms with van der Waals surface area (Å²) in [5.74, 6) is 0.767. The Kier molecular flexibility index (Phi) is 4.90. The van der Waals surface area contributed by atoms with Crippen molar-refractivity contribution in [3.8, 4) is 0 Å². The molecule has 0 heterocycles. The van der Waals surface area contributed by atoms with E-state index in [9.17, 15) is 0 Å². The Labute approximate surface area is 83.4 Å². The topological polar surface area (TPSA) is 32.3 Å². The van der Waals surface area contributed by atoms with Crippen molar-refractivity contribution in [2.45, 2.75) is 11.4 Å². The summed E-state index contributed by atoms with van der Waals surface area (Å²) in [6.45, 7) is 1.13. The van der Waals surface area contributed by atoms with Gasteiger partial charge < -0.3 is 10.4 Å². The smallest absolute Gasteiger partial charge is 0.0525 e. The van der Waals surface area contributed by atoms with E-state index < -0.39 is 0 Å². The van der Waals surface area contributed by atoms with Crippen LogP contribution in [0.4, 0.5) is 0 Å². The van der Waals surface area contributed by atoms with Gasteiger partial charge in [0.2, 0.25) is 0 Å². The molecule has 2 nitrogen and oxygen atoms in total. The monoisotopic (exact) mass is 197 g/mol. The molecule has 0 amide bonds. The Hall–Kier alpha value is -0.510. The van der Waals surface area contributed by atoms with Gasteiger partial charge in [0, 0.05) is 17.2 Å². The van der Waals surface area contributed by atoms with Crippen molar-refractivity contribution in [2.75, 3.05) is 19.4 Å². The lowest BCUT2D eigenvalue weighted by Crippen LogP contribution is -2.04. The highest BCUT2D eigenvalue weighted by atomic mass is 32.2. The molecule has 0 aliphatic carbocycles. The van der Waals surface area contributed by atoms with Crippen LogP contribution in [0, 0.1) is 0 Å². The molecule has 0 saturated heterocycles. The van der Waals surface area contributed by atoms with E-state index in [-0.39, 0.29) is 6.61 Å². The highest BCUT2D eigenvalue weighted by Gasteiger charge is 1.95. The highest BCUT2D eigenvalue weighted by Crippen LogP contribution is 2.18. The SMILES string of the molecule is CNCc1cccc(SCCO)c1. The summed E-state index contributed by atoms with van der Waals surface area (Å²) in [5, 5.41) is 11.8. The molecule has 1 aromatic carbocycles. The molecule has 3 heteroatoms. The molecule has 0 bridgehead atoms. The lowest BCUT2D eigenvalue weighted by molar-refractivity contribution is 0.322.